The van der Waals surface area contributed by atoms with Crippen LogP contribution >= 0.6 is 0 Å². The quantitative estimate of drug-likeness (QED) is 0.370. The molecule has 3 fully saturated rings. The Morgan fingerprint density at radius 1 is 1.11 bits per heavy atom. The van der Waals surface area contributed by atoms with Gasteiger partial charge in [-0.3, -0.25) is 9.69 Å². The van der Waals surface area contributed by atoms with Crippen molar-refractivity contribution in [1.82, 2.24) is 24.8 Å². The van der Waals surface area contributed by atoms with Crippen LogP contribution in [0.4, 0.5) is 17.3 Å². The number of aromatic nitrogens is 3. The van der Waals surface area contributed by atoms with E-state index in [0.717, 1.165) is 45.1 Å². The van der Waals surface area contributed by atoms with Gasteiger partial charge in [0.1, 0.15) is 30.9 Å². The SMILES string of the molecule is C#C[C@H]1C[C@H](Oc2ccc(-c3ncnc(Nc4ccc(N5CCN(C6COC6)CC5)cc4)n3)cc2C#N)CCN1C(=O)CO. The predicted octanol–water partition coefficient (Wildman–Crippen LogP) is 2.04. The van der Waals surface area contributed by atoms with Crippen molar-refractivity contribution < 1.29 is 19.4 Å². The molecule has 0 aliphatic carbocycles. The predicted molar refractivity (Wildman–Crippen MR) is 163 cm³/mol. The first kappa shape index (κ1) is 29.3. The fraction of sp³-hybridized carbons (Fsp3) is 0.406. The fourth-order valence-corrected chi connectivity index (χ4v) is 5.79. The standard InChI is InChI=1S/C32H34N8O4/c1-2-25-16-28(9-10-40(25)30(42)18-41)44-29-8-3-22(15-23(29)17-33)31-34-21-35-32(37-31)36-24-4-6-26(7-5-24)38-11-13-39(14-12-38)27-19-43-20-27/h1,3-8,15,21,25,27-28,41H,9-14,16,18-20H2,(H,34,35,36,37)/t25-,28+/m0/s1. The first-order valence-corrected chi connectivity index (χ1v) is 14.7. The third-order valence-corrected chi connectivity index (χ3v) is 8.37. The first-order valence-electron chi connectivity index (χ1n) is 14.7. The number of nitrogens with one attached hydrogen (secondary N) is 1. The number of aliphatic hydroxyl groups is 1. The number of hydrogen-bond acceptors (Lipinski definition) is 11. The number of anilines is 3. The van der Waals surface area contributed by atoms with Gasteiger partial charge in [-0.15, -0.1) is 6.42 Å². The van der Waals surface area contributed by atoms with Gasteiger partial charge in [0.15, 0.2) is 5.82 Å². The van der Waals surface area contributed by atoms with E-state index < -0.39 is 18.6 Å². The smallest absolute Gasteiger partial charge is 0.249 e. The minimum atomic E-state index is -0.584. The molecule has 2 N–H and O–H groups in total. The molecule has 2 atom stereocenters. The normalized spacial score (nSPS) is 20.7. The van der Waals surface area contributed by atoms with Gasteiger partial charge in [0, 0.05) is 62.5 Å². The Kier molecular flexibility index (Phi) is 8.84. The number of terminal acetylenes is 1. The summed E-state index contributed by atoms with van der Waals surface area (Å²) in [4.78, 5) is 31.6. The van der Waals surface area contributed by atoms with E-state index in [9.17, 15) is 15.2 Å². The second kappa shape index (κ2) is 13.3. The minimum absolute atomic E-state index is 0.275. The largest absolute Gasteiger partial charge is 0.489 e. The molecule has 2 aromatic carbocycles. The van der Waals surface area contributed by atoms with Crippen molar-refractivity contribution in [2.75, 3.05) is 62.8 Å². The number of nitriles is 1. The molecule has 0 radical (unpaired) electrons. The molecule has 0 unspecified atom stereocenters. The number of amides is 1. The molecule has 226 valence electrons. The highest BCUT2D eigenvalue weighted by Gasteiger charge is 2.32. The second-order valence-electron chi connectivity index (χ2n) is 11.0. The van der Waals surface area contributed by atoms with Crippen LogP contribution in [0.3, 0.4) is 0 Å². The number of hydrogen-bond donors (Lipinski definition) is 2. The van der Waals surface area contributed by atoms with Gasteiger partial charge in [0.25, 0.3) is 0 Å². The third-order valence-electron chi connectivity index (χ3n) is 8.37. The highest BCUT2D eigenvalue weighted by molar-refractivity contribution is 5.78. The maximum atomic E-state index is 12.0. The minimum Gasteiger partial charge on any atom is -0.489 e. The summed E-state index contributed by atoms with van der Waals surface area (Å²) < 4.78 is 11.5. The van der Waals surface area contributed by atoms with E-state index in [0.29, 0.717) is 54.1 Å². The average Bonchev–Trinajstić information content (AvgIpc) is 3.04. The molecule has 3 saturated heterocycles. The summed E-state index contributed by atoms with van der Waals surface area (Å²) in [5, 5.41) is 22.3. The van der Waals surface area contributed by atoms with E-state index in [1.165, 1.54) is 16.9 Å². The van der Waals surface area contributed by atoms with E-state index in [4.69, 9.17) is 15.9 Å². The molecule has 1 amide bonds. The van der Waals surface area contributed by atoms with E-state index in [1.807, 2.05) is 12.1 Å². The number of ether oxygens (including phenoxy) is 2. The molecule has 44 heavy (non-hydrogen) atoms. The molecule has 0 saturated carbocycles. The van der Waals surface area contributed by atoms with Crippen LogP contribution in [0.2, 0.25) is 0 Å². The molecule has 6 rings (SSSR count). The molecule has 3 aromatic rings. The number of benzene rings is 2. The van der Waals surface area contributed by atoms with Crippen molar-refractivity contribution >= 4 is 23.2 Å². The Labute approximate surface area is 256 Å². The highest BCUT2D eigenvalue weighted by atomic mass is 16.5. The van der Waals surface area contributed by atoms with Crippen molar-refractivity contribution in [2.24, 2.45) is 0 Å². The number of likely N-dealkylation sites (tertiary alicyclic amines) is 1. The Morgan fingerprint density at radius 3 is 2.59 bits per heavy atom. The highest BCUT2D eigenvalue weighted by Crippen LogP contribution is 2.29. The van der Waals surface area contributed by atoms with Crippen LogP contribution in [0.5, 0.6) is 5.75 Å². The van der Waals surface area contributed by atoms with Crippen molar-refractivity contribution in [2.45, 2.75) is 31.0 Å². The monoisotopic (exact) mass is 594 g/mol. The fourth-order valence-electron chi connectivity index (χ4n) is 5.79. The van der Waals surface area contributed by atoms with E-state index in [1.54, 1.807) is 18.2 Å². The number of carbonyl (C=O) groups excluding carboxylic acids is 1. The molecule has 4 heterocycles. The van der Waals surface area contributed by atoms with Gasteiger partial charge < -0.3 is 29.7 Å². The summed E-state index contributed by atoms with van der Waals surface area (Å²) in [5.74, 6) is 3.43. The lowest BCUT2D eigenvalue weighted by Gasteiger charge is -2.43. The molecule has 0 spiro atoms. The summed E-state index contributed by atoms with van der Waals surface area (Å²) in [6.07, 6.45) is 7.74. The van der Waals surface area contributed by atoms with Gasteiger partial charge in [-0.05, 0) is 42.5 Å². The lowest BCUT2D eigenvalue weighted by Crippen LogP contribution is -2.56. The summed E-state index contributed by atoms with van der Waals surface area (Å²) in [6, 6.07) is 15.7. The molecule has 3 aliphatic rings. The van der Waals surface area contributed by atoms with Gasteiger partial charge >= 0.3 is 0 Å². The first-order chi connectivity index (χ1) is 21.5. The Morgan fingerprint density at radius 2 is 1.91 bits per heavy atom. The maximum Gasteiger partial charge on any atom is 0.249 e. The van der Waals surface area contributed by atoms with Gasteiger partial charge in [-0.25, -0.2) is 9.97 Å². The van der Waals surface area contributed by atoms with Crippen LogP contribution in [0.25, 0.3) is 11.4 Å². The number of piperidine rings is 1. The van der Waals surface area contributed by atoms with Gasteiger partial charge in [-0.1, -0.05) is 5.92 Å². The molecule has 3 aliphatic heterocycles. The lowest BCUT2D eigenvalue weighted by molar-refractivity contribution is -0.137. The number of rotatable bonds is 8. The lowest BCUT2D eigenvalue weighted by atomic mass is 9.99. The topological polar surface area (TPSA) is 140 Å². The van der Waals surface area contributed by atoms with Gasteiger partial charge in [-0.2, -0.15) is 10.2 Å². The van der Waals surface area contributed by atoms with Crippen LogP contribution in [0.15, 0.2) is 48.8 Å². The maximum absolute atomic E-state index is 12.0. The zero-order chi connectivity index (χ0) is 30.5. The van der Waals surface area contributed by atoms with Crippen LogP contribution < -0.4 is 15.0 Å². The van der Waals surface area contributed by atoms with Gasteiger partial charge in [0.05, 0.1) is 30.9 Å². The zero-order valence-electron chi connectivity index (χ0n) is 24.3. The number of carbonyl (C=O) groups is 1. The summed E-state index contributed by atoms with van der Waals surface area (Å²) >= 11 is 0. The molecular formula is C32H34N8O4. The Bertz CT molecular complexity index is 1560. The second-order valence-corrected chi connectivity index (χ2v) is 11.0. The van der Waals surface area contributed by atoms with Crippen LogP contribution in [0.1, 0.15) is 18.4 Å². The molecule has 12 nitrogen and oxygen atoms in total. The summed E-state index contributed by atoms with van der Waals surface area (Å²) in [6.45, 7) is 5.56. The average molecular weight is 595 g/mol. The van der Waals surface area contributed by atoms with Crippen molar-refractivity contribution in [1.29, 1.82) is 5.26 Å². The number of piperazine rings is 1. The molecular weight excluding hydrogens is 560 g/mol. The zero-order valence-corrected chi connectivity index (χ0v) is 24.3. The number of nitrogens with zero attached hydrogens (tertiary/aromatic N) is 7. The van der Waals surface area contributed by atoms with Crippen LogP contribution in [-0.4, -0.2) is 106 Å². The summed E-state index contributed by atoms with van der Waals surface area (Å²) in [5.41, 5.74) is 3.02. The van der Waals surface area contributed by atoms with Crippen LogP contribution in [0, 0.1) is 23.7 Å². The third kappa shape index (κ3) is 6.43. The van der Waals surface area contributed by atoms with E-state index >= 15 is 0 Å². The van der Waals surface area contributed by atoms with E-state index in [2.05, 4.69) is 54.2 Å². The molecule has 0 bridgehead atoms. The van der Waals surface area contributed by atoms with E-state index in [-0.39, 0.29) is 6.10 Å². The van der Waals surface area contributed by atoms with Crippen molar-refractivity contribution in [3.63, 3.8) is 0 Å². The van der Waals surface area contributed by atoms with Crippen LogP contribution in [-0.2, 0) is 9.53 Å². The van der Waals surface area contributed by atoms with Crippen molar-refractivity contribution in [3.8, 4) is 35.6 Å². The van der Waals surface area contributed by atoms with Crippen molar-refractivity contribution in [3.05, 3.63) is 54.4 Å². The Balaban J connectivity index is 1.08. The number of aliphatic hydroxyl groups excluding tert-OH is 1. The molecule has 12 heteroatoms. The van der Waals surface area contributed by atoms with Gasteiger partial charge in [0.2, 0.25) is 11.9 Å². The molecule has 1 aromatic heterocycles. The summed E-state index contributed by atoms with van der Waals surface area (Å²) in [7, 11) is 0. The Hall–Kier alpha value is -4.75.